The van der Waals surface area contributed by atoms with Gasteiger partial charge in [-0.15, -0.1) is 11.3 Å². The topological polar surface area (TPSA) is 15.3 Å². The summed E-state index contributed by atoms with van der Waals surface area (Å²) in [5.41, 5.74) is 0.0144. The third kappa shape index (κ3) is 3.71. The average molecular weight is 361 g/mol. The van der Waals surface area contributed by atoms with Crippen molar-refractivity contribution in [1.29, 1.82) is 0 Å². The van der Waals surface area contributed by atoms with Crippen molar-refractivity contribution in [2.75, 3.05) is 26.2 Å². The van der Waals surface area contributed by atoms with Crippen molar-refractivity contribution < 1.29 is 13.2 Å². The van der Waals surface area contributed by atoms with Crippen LogP contribution < -0.4 is 5.32 Å². The lowest BCUT2D eigenvalue weighted by Crippen LogP contribution is -2.45. The van der Waals surface area contributed by atoms with Gasteiger partial charge in [-0.2, -0.15) is 13.2 Å². The molecule has 0 radical (unpaired) electrons. The van der Waals surface area contributed by atoms with Crippen LogP contribution in [0.4, 0.5) is 13.2 Å². The predicted octanol–water partition coefficient (Wildman–Crippen LogP) is 4.41. The Labute approximate surface area is 141 Å². The minimum atomic E-state index is -4.43. The highest BCUT2D eigenvalue weighted by Gasteiger charge is 2.34. The molecule has 1 aliphatic heterocycles. The molecule has 0 aliphatic carbocycles. The second kappa shape index (κ2) is 6.81. The minimum Gasteiger partial charge on any atom is -0.314 e. The summed E-state index contributed by atoms with van der Waals surface area (Å²) < 4.78 is 38.7. The van der Waals surface area contributed by atoms with Crippen LogP contribution in [0, 0.1) is 0 Å². The lowest BCUT2D eigenvalue weighted by atomic mass is 10.0. The minimum absolute atomic E-state index is 0.0584. The number of hydrogen-bond donors (Lipinski definition) is 1. The fourth-order valence-electron chi connectivity index (χ4n) is 2.87. The van der Waals surface area contributed by atoms with E-state index in [0.29, 0.717) is 0 Å². The molecule has 3 rings (SSSR count). The zero-order valence-corrected chi connectivity index (χ0v) is 13.8. The van der Waals surface area contributed by atoms with Crippen molar-refractivity contribution in [3.05, 3.63) is 56.7 Å². The van der Waals surface area contributed by atoms with Gasteiger partial charge in [0.2, 0.25) is 0 Å². The molecule has 1 fully saturated rings. The first-order valence-corrected chi connectivity index (χ1v) is 8.57. The number of alkyl halides is 3. The summed E-state index contributed by atoms with van der Waals surface area (Å²) in [6.07, 6.45) is -4.43. The van der Waals surface area contributed by atoms with Crippen LogP contribution in [0.3, 0.4) is 0 Å². The van der Waals surface area contributed by atoms with Crippen molar-refractivity contribution in [3.63, 3.8) is 0 Å². The van der Waals surface area contributed by atoms with E-state index in [1.54, 1.807) is 17.4 Å². The Kier molecular flexibility index (Phi) is 4.96. The van der Waals surface area contributed by atoms with E-state index in [-0.39, 0.29) is 11.1 Å². The summed E-state index contributed by atoms with van der Waals surface area (Å²) in [6, 6.07) is 8.00. The van der Waals surface area contributed by atoms with Gasteiger partial charge in [-0.25, -0.2) is 0 Å². The van der Waals surface area contributed by atoms with E-state index in [4.69, 9.17) is 11.6 Å². The van der Waals surface area contributed by atoms with Crippen molar-refractivity contribution in [3.8, 4) is 0 Å². The molecule has 1 N–H and O–H groups in total. The quantitative estimate of drug-likeness (QED) is 0.872. The van der Waals surface area contributed by atoms with E-state index >= 15 is 0 Å². The van der Waals surface area contributed by atoms with E-state index in [1.165, 1.54) is 6.07 Å². The summed E-state index contributed by atoms with van der Waals surface area (Å²) in [5, 5.41) is 5.03. The standard InChI is InChI=1S/C16H16ClF3N2S/c17-13-10-11(3-4-12(13)16(18,19)20)15(14-2-1-9-23-14)22-7-5-21-6-8-22/h1-4,9-10,15,21H,5-8H2/t15-/m1/s1. The van der Waals surface area contributed by atoms with Crippen molar-refractivity contribution in [1.82, 2.24) is 10.2 Å². The van der Waals surface area contributed by atoms with Crippen molar-refractivity contribution >= 4 is 22.9 Å². The van der Waals surface area contributed by atoms with Gasteiger partial charge in [0.15, 0.2) is 0 Å². The summed E-state index contributed by atoms with van der Waals surface area (Å²) in [7, 11) is 0. The van der Waals surface area contributed by atoms with Gasteiger partial charge in [-0.05, 0) is 29.1 Å². The molecule has 124 valence electrons. The molecule has 0 amide bonds. The van der Waals surface area contributed by atoms with Crippen LogP contribution >= 0.6 is 22.9 Å². The maximum absolute atomic E-state index is 12.9. The SMILES string of the molecule is FC(F)(F)c1ccc([C@H](c2cccs2)N2CCNCC2)cc1Cl. The van der Waals surface area contributed by atoms with Gasteiger partial charge in [0.05, 0.1) is 16.6 Å². The molecule has 2 aromatic rings. The highest BCUT2D eigenvalue weighted by atomic mass is 35.5. The van der Waals surface area contributed by atoms with Crippen LogP contribution in [0.5, 0.6) is 0 Å². The van der Waals surface area contributed by atoms with E-state index in [1.807, 2.05) is 17.5 Å². The molecule has 2 heterocycles. The Morgan fingerprint density at radius 2 is 1.91 bits per heavy atom. The zero-order chi connectivity index (χ0) is 16.4. The Balaban J connectivity index is 1.98. The smallest absolute Gasteiger partial charge is 0.314 e. The maximum atomic E-state index is 12.9. The van der Waals surface area contributed by atoms with Gasteiger partial charge in [0, 0.05) is 31.1 Å². The first-order chi connectivity index (χ1) is 11.0. The summed E-state index contributed by atoms with van der Waals surface area (Å²) >= 11 is 7.52. The maximum Gasteiger partial charge on any atom is 0.417 e. The summed E-state index contributed by atoms with van der Waals surface area (Å²) in [4.78, 5) is 3.39. The molecule has 0 unspecified atom stereocenters. The average Bonchev–Trinajstić information content (AvgIpc) is 3.01. The van der Waals surface area contributed by atoms with Gasteiger partial charge in [0.25, 0.3) is 0 Å². The van der Waals surface area contributed by atoms with E-state index < -0.39 is 11.7 Å². The van der Waals surface area contributed by atoms with Crippen LogP contribution in [0.1, 0.15) is 22.0 Å². The molecule has 1 atom stereocenters. The third-order valence-corrected chi connectivity index (χ3v) is 5.18. The third-order valence-electron chi connectivity index (χ3n) is 3.94. The Morgan fingerprint density at radius 1 is 1.17 bits per heavy atom. The number of nitrogens with one attached hydrogen (secondary N) is 1. The number of piperazine rings is 1. The molecule has 1 aliphatic rings. The van der Waals surface area contributed by atoms with Crippen molar-refractivity contribution in [2.24, 2.45) is 0 Å². The van der Waals surface area contributed by atoms with Gasteiger partial charge < -0.3 is 5.32 Å². The van der Waals surface area contributed by atoms with Crippen LogP contribution in [0.25, 0.3) is 0 Å². The number of nitrogens with zero attached hydrogens (tertiary/aromatic N) is 1. The Morgan fingerprint density at radius 3 is 2.48 bits per heavy atom. The molecule has 2 nitrogen and oxygen atoms in total. The molecule has 1 aromatic carbocycles. The van der Waals surface area contributed by atoms with Crippen molar-refractivity contribution in [2.45, 2.75) is 12.2 Å². The van der Waals surface area contributed by atoms with Crippen LogP contribution in [-0.4, -0.2) is 31.1 Å². The molecule has 0 bridgehead atoms. The fraction of sp³-hybridized carbons (Fsp3) is 0.375. The summed E-state index contributed by atoms with van der Waals surface area (Å²) in [5.74, 6) is 0. The fourth-order valence-corrected chi connectivity index (χ4v) is 4.06. The predicted molar refractivity (Wildman–Crippen MR) is 87.1 cm³/mol. The molecule has 1 aromatic heterocycles. The second-order valence-corrected chi connectivity index (χ2v) is 6.83. The van der Waals surface area contributed by atoms with E-state index in [9.17, 15) is 13.2 Å². The Bertz CT molecular complexity index is 652. The first kappa shape index (κ1) is 16.8. The normalized spacial score (nSPS) is 18.1. The first-order valence-electron chi connectivity index (χ1n) is 7.31. The monoisotopic (exact) mass is 360 g/mol. The highest BCUT2D eigenvalue weighted by molar-refractivity contribution is 7.10. The lowest BCUT2D eigenvalue weighted by Gasteiger charge is -2.35. The van der Waals surface area contributed by atoms with E-state index in [2.05, 4.69) is 10.2 Å². The van der Waals surface area contributed by atoms with Crippen LogP contribution in [0.15, 0.2) is 35.7 Å². The molecular weight excluding hydrogens is 345 g/mol. The number of halogens is 4. The Hall–Kier alpha value is -1.08. The van der Waals surface area contributed by atoms with Crippen LogP contribution in [0.2, 0.25) is 5.02 Å². The molecular formula is C16H16ClF3N2S. The number of benzene rings is 1. The van der Waals surface area contributed by atoms with Gasteiger partial charge >= 0.3 is 6.18 Å². The summed E-state index contributed by atoms with van der Waals surface area (Å²) in [6.45, 7) is 3.44. The molecule has 7 heteroatoms. The molecule has 0 spiro atoms. The molecule has 23 heavy (non-hydrogen) atoms. The largest absolute Gasteiger partial charge is 0.417 e. The van der Waals surface area contributed by atoms with Gasteiger partial charge in [-0.1, -0.05) is 23.7 Å². The molecule has 0 saturated carbocycles. The second-order valence-electron chi connectivity index (χ2n) is 5.44. The lowest BCUT2D eigenvalue weighted by molar-refractivity contribution is -0.137. The zero-order valence-electron chi connectivity index (χ0n) is 12.2. The highest BCUT2D eigenvalue weighted by Crippen LogP contribution is 2.38. The van der Waals surface area contributed by atoms with Gasteiger partial charge in [0.1, 0.15) is 0 Å². The molecule has 1 saturated heterocycles. The van der Waals surface area contributed by atoms with E-state index in [0.717, 1.165) is 42.7 Å². The van der Waals surface area contributed by atoms with Gasteiger partial charge in [-0.3, -0.25) is 4.90 Å². The number of hydrogen-bond acceptors (Lipinski definition) is 3. The van der Waals surface area contributed by atoms with Crippen LogP contribution in [-0.2, 0) is 6.18 Å². The number of rotatable bonds is 3. The number of thiophene rings is 1.